The van der Waals surface area contributed by atoms with Gasteiger partial charge in [0.2, 0.25) is 11.8 Å². The van der Waals surface area contributed by atoms with Crippen LogP contribution in [0.2, 0.25) is 0 Å². The van der Waals surface area contributed by atoms with Crippen LogP contribution in [0.15, 0.2) is 30.3 Å². The molecule has 196 valence electrons. The van der Waals surface area contributed by atoms with Gasteiger partial charge in [-0.25, -0.2) is 0 Å². The predicted octanol–water partition coefficient (Wildman–Crippen LogP) is 3.34. The smallest absolute Gasteiger partial charge is 0.239 e. The Balaban J connectivity index is 1.65. The number of carbonyl (C=O) groups excluding carboxylic acids is 2. The first-order chi connectivity index (χ1) is 16.0. The van der Waals surface area contributed by atoms with Crippen molar-refractivity contribution in [2.75, 3.05) is 18.0 Å². The summed E-state index contributed by atoms with van der Waals surface area (Å²) in [6.45, 7) is 17.7. The molecule has 2 saturated heterocycles. The van der Waals surface area contributed by atoms with Gasteiger partial charge in [0.05, 0.1) is 13.1 Å². The molecule has 0 bridgehead atoms. The average molecular weight is 486 g/mol. The molecule has 0 spiro atoms. The minimum atomic E-state index is -0.0516. The zero-order valence-corrected chi connectivity index (χ0v) is 23.0. The molecule has 2 aliphatic heterocycles. The highest BCUT2D eigenvalue weighted by atomic mass is 16.2. The Morgan fingerprint density at radius 3 is 1.40 bits per heavy atom. The van der Waals surface area contributed by atoms with E-state index < -0.39 is 0 Å². The third-order valence-electron chi connectivity index (χ3n) is 6.90. The van der Waals surface area contributed by atoms with Gasteiger partial charge in [-0.1, -0.05) is 18.2 Å². The van der Waals surface area contributed by atoms with Gasteiger partial charge < -0.3 is 26.2 Å². The molecule has 3 rings (SSSR count). The van der Waals surface area contributed by atoms with Crippen molar-refractivity contribution in [3.63, 3.8) is 0 Å². The van der Waals surface area contributed by atoms with Crippen molar-refractivity contribution in [3.8, 4) is 0 Å². The van der Waals surface area contributed by atoms with E-state index >= 15 is 0 Å². The van der Waals surface area contributed by atoms with E-state index in [0.29, 0.717) is 0 Å². The molecule has 7 nitrogen and oxygen atoms in total. The topological polar surface area (TPSA) is 85.5 Å². The van der Waals surface area contributed by atoms with Gasteiger partial charge in [0.15, 0.2) is 0 Å². The number of hydrogen-bond acceptors (Lipinski definition) is 5. The second-order valence-electron chi connectivity index (χ2n) is 13.3. The van der Waals surface area contributed by atoms with Crippen LogP contribution < -0.4 is 26.2 Å². The first-order valence-electron chi connectivity index (χ1n) is 13.0. The maximum absolute atomic E-state index is 13.1. The van der Waals surface area contributed by atoms with Crippen molar-refractivity contribution in [1.82, 2.24) is 21.3 Å². The third kappa shape index (κ3) is 8.50. The summed E-state index contributed by atoms with van der Waals surface area (Å²) in [6, 6.07) is 9.92. The number of anilines is 1. The van der Waals surface area contributed by atoms with E-state index in [0.717, 1.165) is 31.4 Å². The Bertz CT molecular complexity index is 808. The average Bonchev–Trinajstić information content (AvgIpc) is 2.62. The lowest BCUT2D eigenvalue weighted by molar-refractivity contribution is -0.121. The molecule has 2 amide bonds. The van der Waals surface area contributed by atoms with E-state index in [2.05, 4.69) is 76.7 Å². The summed E-state index contributed by atoms with van der Waals surface area (Å²) in [5.74, 6) is -0.103. The standard InChI is InChI=1S/C28H47N5O2/c1-25(2)14-20(15-26(3,4)31-25)29-23(34)18-33(22-12-10-9-11-13-22)19-24(35)30-21-16-27(5,6)32-28(7,8)17-21/h9-13,20-21,31-32H,14-19H2,1-8H3,(H,29,34)(H,30,35). The normalized spacial score (nSPS) is 23.3. The summed E-state index contributed by atoms with van der Waals surface area (Å²) >= 11 is 0. The van der Waals surface area contributed by atoms with Crippen LogP contribution in [-0.4, -0.2) is 59.1 Å². The fourth-order valence-corrected chi connectivity index (χ4v) is 6.62. The summed E-state index contributed by atoms with van der Waals surface area (Å²) < 4.78 is 0. The Hall–Kier alpha value is -2.12. The summed E-state index contributed by atoms with van der Waals surface area (Å²) in [5, 5.41) is 13.8. The molecular formula is C28H47N5O2. The molecule has 0 aromatic heterocycles. The van der Waals surface area contributed by atoms with Crippen LogP contribution in [0.3, 0.4) is 0 Å². The summed E-state index contributed by atoms with van der Waals surface area (Å²) in [6.07, 6.45) is 3.48. The Morgan fingerprint density at radius 1 is 0.714 bits per heavy atom. The molecule has 4 N–H and O–H groups in total. The van der Waals surface area contributed by atoms with Crippen molar-refractivity contribution in [2.24, 2.45) is 0 Å². The quantitative estimate of drug-likeness (QED) is 0.476. The summed E-state index contributed by atoms with van der Waals surface area (Å²) in [5.41, 5.74) is 0.684. The fourth-order valence-electron chi connectivity index (χ4n) is 6.62. The highest BCUT2D eigenvalue weighted by Gasteiger charge is 2.39. The molecule has 0 atom stereocenters. The van der Waals surface area contributed by atoms with Gasteiger partial charge in [-0.3, -0.25) is 9.59 Å². The lowest BCUT2D eigenvalue weighted by Crippen LogP contribution is -2.63. The van der Waals surface area contributed by atoms with Crippen LogP contribution in [-0.2, 0) is 9.59 Å². The van der Waals surface area contributed by atoms with Crippen molar-refractivity contribution in [1.29, 1.82) is 0 Å². The maximum Gasteiger partial charge on any atom is 0.239 e. The van der Waals surface area contributed by atoms with Gasteiger partial charge in [0.1, 0.15) is 0 Å². The van der Waals surface area contributed by atoms with Crippen LogP contribution >= 0.6 is 0 Å². The number of amides is 2. The predicted molar refractivity (Wildman–Crippen MR) is 144 cm³/mol. The number of nitrogens with zero attached hydrogens (tertiary/aromatic N) is 1. The van der Waals surface area contributed by atoms with E-state index in [-0.39, 0.29) is 59.1 Å². The van der Waals surface area contributed by atoms with Crippen molar-refractivity contribution >= 4 is 17.5 Å². The zero-order valence-electron chi connectivity index (χ0n) is 23.0. The van der Waals surface area contributed by atoms with E-state index in [9.17, 15) is 9.59 Å². The molecule has 2 heterocycles. The molecule has 0 radical (unpaired) electrons. The number of rotatable bonds is 7. The Kier molecular flexibility index (Phi) is 7.92. The van der Waals surface area contributed by atoms with Crippen LogP contribution in [0.4, 0.5) is 5.69 Å². The van der Waals surface area contributed by atoms with E-state index in [1.165, 1.54) is 0 Å². The largest absolute Gasteiger partial charge is 0.353 e. The molecule has 7 heteroatoms. The van der Waals surface area contributed by atoms with Crippen molar-refractivity contribution < 1.29 is 9.59 Å². The minimum Gasteiger partial charge on any atom is -0.353 e. The van der Waals surface area contributed by atoms with Gasteiger partial charge >= 0.3 is 0 Å². The maximum atomic E-state index is 13.1. The Labute approximate surface area is 212 Å². The lowest BCUT2D eigenvalue weighted by atomic mass is 9.79. The van der Waals surface area contributed by atoms with Gasteiger partial charge in [0.25, 0.3) is 0 Å². The molecule has 2 aliphatic rings. The lowest BCUT2D eigenvalue weighted by Gasteiger charge is -2.47. The molecular weight excluding hydrogens is 438 g/mol. The first kappa shape index (κ1) is 27.5. The highest BCUT2D eigenvalue weighted by Crippen LogP contribution is 2.29. The van der Waals surface area contributed by atoms with E-state index in [1.807, 2.05) is 35.2 Å². The monoisotopic (exact) mass is 485 g/mol. The van der Waals surface area contributed by atoms with Gasteiger partial charge in [-0.15, -0.1) is 0 Å². The molecule has 1 aromatic carbocycles. The number of benzene rings is 1. The van der Waals surface area contributed by atoms with Crippen LogP contribution in [0.5, 0.6) is 0 Å². The summed E-state index contributed by atoms with van der Waals surface area (Å²) in [7, 11) is 0. The first-order valence-corrected chi connectivity index (χ1v) is 13.0. The fraction of sp³-hybridized carbons (Fsp3) is 0.714. The molecule has 0 saturated carbocycles. The van der Waals surface area contributed by atoms with Gasteiger partial charge in [-0.05, 0) is 93.2 Å². The Morgan fingerprint density at radius 2 is 1.06 bits per heavy atom. The van der Waals surface area contributed by atoms with Crippen LogP contribution in [0.25, 0.3) is 0 Å². The van der Waals surface area contributed by atoms with Crippen molar-refractivity contribution in [2.45, 2.75) is 115 Å². The molecule has 0 aliphatic carbocycles. The van der Waals surface area contributed by atoms with E-state index in [1.54, 1.807) is 0 Å². The minimum absolute atomic E-state index is 0.0465. The number of carbonyl (C=O) groups is 2. The number of piperidine rings is 2. The third-order valence-corrected chi connectivity index (χ3v) is 6.90. The SMILES string of the molecule is CC1(C)CC(NC(=O)CN(CC(=O)NC2CC(C)(C)NC(C)(C)C2)c2ccccc2)CC(C)(C)N1. The van der Waals surface area contributed by atoms with Gasteiger partial charge in [-0.2, -0.15) is 0 Å². The van der Waals surface area contributed by atoms with Crippen LogP contribution in [0.1, 0.15) is 81.1 Å². The zero-order chi connectivity index (χ0) is 26.1. The number of nitrogens with one attached hydrogen (secondary N) is 4. The van der Waals surface area contributed by atoms with Gasteiger partial charge in [0, 0.05) is 39.9 Å². The molecule has 1 aromatic rings. The second-order valence-corrected chi connectivity index (χ2v) is 13.3. The number of para-hydroxylation sites is 1. The molecule has 0 unspecified atom stereocenters. The molecule has 2 fully saturated rings. The molecule has 35 heavy (non-hydrogen) atoms. The highest BCUT2D eigenvalue weighted by molar-refractivity contribution is 5.86. The van der Waals surface area contributed by atoms with Crippen molar-refractivity contribution in [3.05, 3.63) is 30.3 Å². The van der Waals surface area contributed by atoms with Crippen LogP contribution in [0, 0.1) is 0 Å². The number of hydrogen-bond donors (Lipinski definition) is 4. The summed E-state index contributed by atoms with van der Waals surface area (Å²) in [4.78, 5) is 28.2. The van der Waals surface area contributed by atoms with E-state index in [4.69, 9.17) is 0 Å². The second kappa shape index (κ2) is 10.1.